The molecule has 7 nitrogen and oxygen atoms in total. The van der Waals surface area contributed by atoms with Gasteiger partial charge in [-0.15, -0.1) is 0 Å². The summed E-state index contributed by atoms with van der Waals surface area (Å²) in [5.74, 6) is -0.372. The molecule has 1 fully saturated rings. The second kappa shape index (κ2) is 10.3. The third-order valence-corrected chi connectivity index (χ3v) is 7.39. The molecule has 2 aromatic rings. The Labute approximate surface area is 186 Å². The van der Waals surface area contributed by atoms with Crippen molar-refractivity contribution < 1.29 is 31.5 Å². The minimum absolute atomic E-state index is 0.0498. The van der Waals surface area contributed by atoms with Crippen LogP contribution in [0.25, 0.3) is 0 Å². The van der Waals surface area contributed by atoms with Gasteiger partial charge < -0.3 is 14.8 Å². The molecule has 0 aromatic heterocycles. The highest BCUT2D eigenvalue weighted by molar-refractivity contribution is 7.89. The molecule has 2 aromatic carbocycles. The van der Waals surface area contributed by atoms with Crippen LogP contribution in [0.4, 0.5) is 8.78 Å². The van der Waals surface area contributed by atoms with Gasteiger partial charge in [-0.25, -0.2) is 8.42 Å². The molecule has 1 aliphatic rings. The first-order chi connectivity index (χ1) is 15.2. The second-order valence-electron chi connectivity index (χ2n) is 7.53. The SMILES string of the molecule is COc1cc(CNC(=O)c2ccc(S(=O)(=O)N3CCCCC3C)cc2)ccc1OC(F)F. The van der Waals surface area contributed by atoms with Crippen LogP contribution in [0.15, 0.2) is 47.4 Å². The van der Waals surface area contributed by atoms with Gasteiger partial charge in [-0.3, -0.25) is 4.79 Å². The Bertz CT molecular complexity index is 1040. The normalized spacial score (nSPS) is 17.2. The maximum Gasteiger partial charge on any atom is 0.387 e. The number of carbonyl (C=O) groups excluding carboxylic acids is 1. The zero-order chi connectivity index (χ0) is 23.3. The number of ether oxygens (including phenoxy) is 2. The summed E-state index contributed by atoms with van der Waals surface area (Å²) in [7, 11) is -2.28. The van der Waals surface area contributed by atoms with E-state index in [9.17, 15) is 22.0 Å². The number of rotatable bonds is 8. The van der Waals surface area contributed by atoms with Crippen LogP contribution in [0.3, 0.4) is 0 Å². The highest BCUT2D eigenvalue weighted by Gasteiger charge is 2.30. The summed E-state index contributed by atoms with van der Waals surface area (Å²) >= 11 is 0. The molecule has 1 unspecified atom stereocenters. The number of hydrogen-bond donors (Lipinski definition) is 1. The molecule has 10 heteroatoms. The first-order valence-corrected chi connectivity index (χ1v) is 11.7. The van der Waals surface area contributed by atoms with E-state index in [4.69, 9.17) is 4.74 Å². The summed E-state index contributed by atoms with van der Waals surface area (Å²) in [6.45, 7) is -0.453. The van der Waals surface area contributed by atoms with Crippen LogP contribution >= 0.6 is 0 Å². The van der Waals surface area contributed by atoms with Gasteiger partial charge >= 0.3 is 6.61 Å². The number of piperidine rings is 1. The number of nitrogens with one attached hydrogen (secondary N) is 1. The van der Waals surface area contributed by atoms with Gasteiger partial charge in [0, 0.05) is 24.7 Å². The van der Waals surface area contributed by atoms with Crippen LogP contribution < -0.4 is 14.8 Å². The van der Waals surface area contributed by atoms with Crippen LogP contribution in [0.1, 0.15) is 42.1 Å². The molecule has 32 heavy (non-hydrogen) atoms. The number of nitrogens with zero attached hydrogens (tertiary/aromatic N) is 1. The summed E-state index contributed by atoms with van der Waals surface area (Å²) in [4.78, 5) is 12.6. The number of sulfonamides is 1. The fraction of sp³-hybridized carbons (Fsp3) is 0.409. The van der Waals surface area contributed by atoms with E-state index in [0.717, 1.165) is 19.3 Å². The van der Waals surface area contributed by atoms with Gasteiger partial charge in [0.05, 0.1) is 12.0 Å². The van der Waals surface area contributed by atoms with E-state index in [1.165, 1.54) is 53.9 Å². The van der Waals surface area contributed by atoms with Gasteiger partial charge in [-0.1, -0.05) is 12.5 Å². The van der Waals surface area contributed by atoms with Crippen LogP contribution in [-0.4, -0.2) is 44.9 Å². The van der Waals surface area contributed by atoms with Crippen LogP contribution in [0.2, 0.25) is 0 Å². The van der Waals surface area contributed by atoms with E-state index in [1.807, 2.05) is 6.92 Å². The number of halogens is 2. The minimum atomic E-state index is -3.61. The monoisotopic (exact) mass is 468 g/mol. The number of carbonyl (C=O) groups is 1. The quantitative estimate of drug-likeness (QED) is 0.637. The first kappa shape index (κ1) is 23.9. The van der Waals surface area contributed by atoms with E-state index >= 15 is 0 Å². The van der Waals surface area contributed by atoms with E-state index in [2.05, 4.69) is 10.1 Å². The summed E-state index contributed by atoms with van der Waals surface area (Å²) < 4.78 is 61.6. The average Bonchev–Trinajstić information content (AvgIpc) is 2.78. The van der Waals surface area contributed by atoms with Crippen LogP contribution in [0.5, 0.6) is 11.5 Å². The van der Waals surface area contributed by atoms with Crippen molar-refractivity contribution in [1.82, 2.24) is 9.62 Å². The van der Waals surface area contributed by atoms with Crippen LogP contribution in [-0.2, 0) is 16.6 Å². The van der Waals surface area contributed by atoms with Crippen molar-refractivity contribution in [2.75, 3.05) is 13.7 Å². The topological polar surface area (TPSA) is 84.9 Å². The lowest BCUT2D eigenvalue weighted by molar-refractivity contribution is -0.0512. The third kappa shape index (κ3) is 5.55. The molecule has 174 valence electrons. The van der Waals surface area contributed by atoms with Crippen molar-refractivity contribution in [3.63, 3.8) is 0 Å². The molecule has 0 bridgehead atoms. The summed E-state index contributed by atoms with van der Waals surface area (Å²) in [6, 6.07) is 10.1. The standard InChI is InChI=1S/C22H26F2N2O5S/c1-15-5-3-4-12-26(15)32(28,29)18-9-7-17(8-10-18)21(27)25-14-16-6-11-19(31-22(23)24)20(13-16)30-2/h6-11,13,15,22H,3-5,12,14H2,1-2H3,(H,25,27). The summed E-state index contributed by atoms with van der Waals surface area (Å²) in [5, 5.41) is 2.71. The molecule has 0 spiro atoms. The lowest BCUT2D eigenvalue weighted by Crippen LogP contribution is -2.41. The van der Waals surface area contributed by atoms with Gasteiger partial charge in [0.1, 0.15) is 0 Å². The molecule has 3 rings (SSSR count). The third-order valence-electron chi connectivity index (χ3n) is 5.36. The van der Waals surface area contributed by atoms with E-state index in [0.29, 0.717) is 17.7 Å². The van der Waals surface area contributed by atoms with Crippen molar-refractivity contribution in [3.8, 4) is 11.5 Å². The summed E-state index contributed by atoms with van der Waals surface area (Å²) in [6.07, 6.45) is 2.68. The minimum Gasteiger partial charge on any atom is -0.493 e. The number of alkyl halides is 2. The molecule has 1 saturated heterocycles. The molecule has 1 amide bonds. The van der Waals surface area contributed by atoms with Gasteiger partial charge in [0.15, 0.2) is 11.5 Å². The second-order valence-corrected chi connectivity index (χ2v) is 9.42. The van der Waals surface area contributed by atoms with Crippen molar-refractivity contribution in [2.24, 2.45) is 0 Å². The van der Waals surface area contributed by atoms with Gasteiger partial charge in [0.2, 0.25) is 10.0 Å². The number of methoxy groups -OCH3 is 1. The van der Waals surface area contributed by atoms with Gasteiger partial charge in [-0.2, -0.15) is 13.1 Å². The molecule has 1 aliphatic heterocycles. The van der Waals surface area contributed by atoms with E-state index in [-0.39, 0.29) is 29.0 Å². The predicted molar refractivity (Wildman–Crippen MR) is 114 cm³/mol. The lowest BCUT2D eigenvalue weighted by atomic mass is 10.1. The lowest BCUT2D eigenvalue weighted by Gasteiger charge is -2.32. The average molecular weight is 469 g/mol. The number of benzene rings is 2. The molecule has 1 N–H and O–H groups in total. The Kier molecular flexibility index (Phi) is 7.68. The molecule has 0 aliphatic carbocycles. The fourth-order valence-corrected chi connectivity index (χ4v) is 5.34. The highest BCUT2D eigenvalue weighted by Crippen LogP contribution is 2.29. The largest absolute Gasteiger partial charge is 0.493 e. The molecular weight excluding hydrogens is 442 g/mol. The Balaban J connectivity index is 1.65. The van der Waals surface area contributed by atoms with Crippen LogP contribution in [0, 0.1) is 0 Å². The van der Waals surface area contributed by atoms with Crippen molar-refractivity contribution in [1.29, 1.82) is 0 Å². The molecule has 0 saturated carbocycles. The predicted octanol–water partition coefficient (Wildman–Crippen LogP) is 3.79. The van der Waals surface area contributed by atoms with Gasteiger partial charge in [-0.05, 0) is 61.7 Å². The van der Waals surface area contributed by atoms with Gasteiger partial charge in [0.25, 0.3) is 5.91 Å². The highest BCUT2D eigenvalue weighted by atomic mass is 32.2. The molecule has 1 heterocycles. The number of hydrogen-bond acceptors (Lipinski definition) is 5. The molecule has 0 radical (unpaired) electrons. The Hall–Kier alpha value is -2.72. The zero-order valence-electron chi connectivity index (χ0n) is 17.9. The Morgan fingerprint density at radius 2 is 1.88 bits per heavy atom. The maximum absolute atomic E-state index is 12.9. The molecule has 1 atom stereocenters. The van der Waals surface area contributed by atoms with Crippen molar-refractivity contribution in [2.45, 2.75) is 50.3 Å². The van der Waals surface area contributed by atoms with Crippen molar-refractivity contribution in [3.05, 3.63) is 53.6 Å². The Morgan fingerprint density at radius 3 is 2.50 bits per heavy atom. The van der Waals surface area contributed by atoms with E-state index in [1.54, 1.807) is 0 Å². The summed E-state index contributed by atoms with van der Waals surface area (Å²) in [5.41, 5.74) is 0.926. The van der Waals surface area contributed by atoms with Crippen molar-refractivity contribution >= 4 is 15.9 Å². The maximum atomic E-state index is 12.9. The smallest absolute Gasteiger partial charge is 0.387 e. The number of amides is 1. The fourth-order valence-electron chi connectivity index (χ4n) is 3.64. The first-order valence-electron chi connectivity index (χ1n) is 10.2. The zero-order valence-corrected chi connectivity index (χ0v) is 18.7. The van der Waals surface area contributed by atoms with E-state index < -0.39 is 22.5 Å². The molecular formula is C22H26F2N2O5S. The Morgan fingerprint density at radius 1 is 1.16 bits per heavy atom.